The van der Waals surface area contributed by atoms with Gasteiger partial charge in [0.1, 0.15) is 11.8 Å². The van der Waals surface area contributed by atoms with Crippen LogP contribution in [0, 0.1) is 12.8 Å². The number of rotatable bonds is 10. The Morgan fingerprint density at radius 2 is 1.75 bits per heavy atom. The van der Waals surface area contributed by atoms with Crippen LogP contribution < -0.4 is 10.1 Å². The highest BCUT2D eigenvalue weighted by Gasteiger charge is 2.23. The van der Waals surface area contributed by atoms with Crippen LogP contribution in [0.1, 0.15) is 51.2 Å². The predicted octanol–water partition coefficient (Wildman–Crippen LogP) is 2.74. The molecule has 0 saturated carbocycles. The smallest absolute Gasteiger partial charge is 0.344 e. The third kappa shape index (κ3) is 7.98. The van der Waals surface area contributed by atoms with Crippen LogP contribution in [0.15, 0.2) is 18.2 Å². The van der Waals surface area contributed by atoms with E-state index in [9.17, 15) is 14.4 Å². The first-order valence-electron chi connectivity index (χ1n) is 9.40. The lowest BCUT2D eigenvalue weighted by molar-refractivity contribution is -0.151. The Labute approximate surface area is 166 Å². The van der Waals surface area contributed by atoms with E-state index in [1.165, 1.54) is 12.7 Å². The number of aryl methyl sites for hydroxylation is 1. The molecule has 0 aromatic heterocycles. The number of amides is 1. The molecule has 1 atom stereocenters. The molecule has 0 aliphatic carbocycles. The lowest BCUT2D eigenvalue weighted by Crippen LogP contribution is -2.44. The monoisotopic (exact) mass is 393 g/mol. The zero-order valence-electron chi connectivity index (χ0n) is 17.5. The van der Waals surface area contributed by atoms with Crippen molar-refractivity contribution in [3.05, 3.63) is 29.3 Å². The van der Waals surface area contributed by atoms with Crippen molar-refractivity contribution in [2.75, 3.05) is 20.3 Å². The Kier molecular flexibility index (Phi) is 9.48. The maximum atomic E-state index is 11.9. The Morgan fingerprint density at radius 1 is 1.07 bits per heavy atom. The van der Waals surface area contributed by atoms with Gasteiger partial charge in [0.05, 0.1) is 7.11 Å². The standard InChI is InChI=1S/C21H31NO6/c1-13(2)9-18(21(25)26-6)22-19(23)11-28-20(24)12-27-16-7-8-17(14(3)4)15(5)10-16/h7-8,10,13-14,18H,9,11-12H2,1-6H3,(H,22,23)/t18-/m0/s1. The van der Waals surface area contributed by atoms with Crippen LogP contribution in [0.3, 0.4) is 0 Å². The molecule has 0 spiro atoms. The minimum Gasteiger partial charge on any atom is -0.482 e. The molecule has 7 nitrogen and oxygen atoms in total. The van der Waals surface area contributed by atoms with Gasteiger partial charge in [-0.15, -0.1) is 0 Å². The van der Waals surface area contributed by atoms with Gasteiger partial charge in [-0.05, 0) is 48.4 Å². The molecular weight excluding hydrogens is 362 g/mol. The summed E-state index contributed by atoms with van der Waals surface area (Å²) in [5, 5.41) is 2.52. The summed E-state index contributed by atoms with van der Waals surface area (Å²) in [6.45, 7) is 9.26. The Morgan fingerprint density at radius 3 is 2.29 bits per heavy atom. The van der Waals surface area contributed by atoms with Crippen LogP contribution in [0.4, 0.5) is 0 Å². The zero-order valence-corrected chi connectivity index (χ0v) is 17.5. The molecule has 0 bridgehead atoms. The quantitative estimate of drug-likeness (QED) is 0.615. The van der Waals surface area contributed by atoms with E-state index in [4.69, 9.17) is 9.47 Å². The second kappa shape index (κ2) is 11.3. The first-order chi connectivity index (χ1) is 13.1. The van der Waals surface area contributed by atoms with Gasteiger partial charge in [0.25, 0.3) is 5.91 Å². The Balaban J connectivity index is 2.46. The summed E-state index contributed by atoms with van der Waals surface area (Å²) in [6.07, 6.45) is 0.432. The number of esters is 2. The molecule has 0 fully saturated rings. The number of carbonyl (C=O) groups excluding carboxylic acids is 3. The van der Waals surface area contributed by atoms with Crippen molar-refractivity contribution in [2.24, 2.45) is 5.92 Å². The SMILES string of the molecule is COC(=O)[C@H](CC(C)C)NC(=O)COC(=O)COc1ccc(C(C)C)c(C)c1. The van der Waals surface area contributed by atoms with Gasteiger partial charge < -0.3 is 19.5 Å². The van der Waals surface area contributed by atoms with Gasteiger partial charge in [0, 0.05) is 0 Å². The van der Waals surface area contributed by atoms with Gasteiger partial charge in [-0.2, -0.15) is 0 Å². The number of hydrogen-bond donors (Lipinski definition) is 1. The summed E-state index contributed by atoms with van der Waals surface area (Å²) in [6, 6.07) is 4.86. The predicted molar refractivity (Wildman–Crippen MR) is 105 cm³/mol. The minimum absolute atomic E-state index is 0.186. The van der Waals surface area contributed by atoms with Crippen molar-refractivity contribution in [3.63, 3.8) is 0 Å². The van der Waals surface area contributed by atoms with E-state index in [1.54, 1.807) is 6.07 Å². The summed E-state index contributed by atoms with van der Waals surface area (Å²) in [4.78, 5) is 35.5. The van der Waals surface area contributed by atoms with Crippen molar-refractivity contribution >= 4 is 17.8 Å². The molecule has 1 rings (SSSR count). The van der Waals surface area contributed by atoms with Crippen LogP contribution in [-0.4, -0.2) is 44.2 Å². The Hall–Kier alpha value is -2.57. The van der Waals surface area contributed by atoms with Crippen LogP contribution in [0.5, 0.6) is 5.75 Å². The lowest BCUT2D eigenvalue weighted by Gasteiger charge is -2.18. The number of carbonyl (C=O) groups is 3. The van der Waals surface area contributed by atoms with Crippen molar-refractivity contribution in [1.29, 1.82) is 0 Å². The molecule has 0 saturated heterocycles. The van der Waals surface area contributed by atoms with Gasteiger partial charge in [-0.3, -0.25) is 4.79 Å². The molecule has 0 aliphatic heterocycles. The van der Waals surface area contributed by atoms with Crippen molar-refractivity contribution in [1.82, 2.24) is 5.32 Å². The van der Waals surface area contributed by atoms with Crippen LogP contribution in [0.25, 0.3) is 0 Å². The molecular formula is C21H31NO6. The summed E-state index contributed by atoms with van der Waals surface area (Å²) in [7, 11) is 1.26. The highest BCUT2D eigenvalue weighted by Crippen LogP contribution is 2.23. The molecule has 0 unspecified atom stereocenters. The van der Waals surface area contributed by atoms with E-state index in [0.717, 1.165) is 5.56 Å². The molecule has 28 heavy (non-hydrogen) atoms. The summed E-state index contributed by atoms with van der Waals surface area (Å²) >= 11 is 0. The normalized spacial score (nSPS) is 11.9. The number of benzene rings is 1. The van der Waals surface area contributed by atoms with E-state index >= 15 is 0 Å². The van der Waals surface area contributed by atoms with E-state index in [-0.39, 0.29) is 12.5 Å². The molecule has 1 aromatic carbocycles. The molecule has 0 aliphatic rings. The third-order valence-electron chi connectivity index (χ3n) is 4.11. The minimum atomic E-state index is -0.769. The van der Waals surface area contributed by atoms with Crippen LogP contribution >= 0.6 is 0 Å². The highest BCUT2D eigenvalue weighted by atomic mass is 16.6. The van der Waals surface area contributed by atoms with Crippen molar-refractivity contribution in [3.8, 4) is 5.75 Å². The van der Waals surface area contributed by atoms with E-state index in [2.05, 4.69) is 23.9 Å². The maximum absolute atomic E-state index is 11.9. The van der Waals surface area contributed by atoms with Crippen LogP contribution in [-0.2, 0) is 23.9 Å². The van der Waals surface area contributed by atoms with Gasteiger partial charge in [0.15, 0.2) is 13.2 Å². The molecule has 0 heterocycles. The summed E-state index contributed by atoms with van der Waals surface area (Å²) < 4.78 is 15.0. The van der Waals surface area contributed by atoms with E-state index in [0.29, 0.717) is 18.1 Å². The fraction of sp³-hybridized carbons (Fsp3) is 0.571. The highest BCUT2D eigenvalue weighted by molar-refractivity contribution is 5.86. The van der Waals surface area contributed by atoms with Crippen molar-refractivity contribution in [2.45, 2.75) is 53.0 Å². The molecule has 156 valence electrons. The molecule has 1 N–H and O–H groups in total. The maximum Gasteiger partial charge on any atom is 0.344 e. The fourth-order valence-electron chi connectivity index (χ4n) is 2.78. The van der Waals surface area contributed by atoms with Gasteiger partial charge in [0.2, 0.25) is 0 Å². The summed E-state index contributed by atoms with van der Waals surface area (Å²) in [5.41, 5.74) is 2.30. The molecule has 0 radical (unpaired) electrons. The largest absolute Gasteiger partial charge is 0.482 e. The number of methoxy groups -OCH3 is 1. The average Bonchev–Trinajstić information content (AvgIpc) is 2.62. The van der Waals surface area contributed by atoms with E-state index in [1.807, 2.05) is 32.9 Å². The number of hydrogen-bond acceptors (Lipinski definition) is 6. The number of ether oxygens (including phenoxy) is 3. The topological polar surface area (TPSA) is 90.9 Å². The number of nitrogens with one attached hydrogen (secondary N) is 1. The molecule has 7 heteroatoms. The summed E-state index contributed by atoms with van der Waals surface area (Å²) in [5.74, 6) is -0.614. The second-order valence-corrected chi connectivity index (χ2v) is 7.40. The first-order valence-corrected chi connectivity index (χ1v) is 9.40. The zero-order chi connectivity index (χ0) is 21.3. The van der Waals surface area contributed by atoms with Gasteiger partial charge >= 0.3 is 11.9 Å². The molecule has 1 amide bonds. The third-order valence-corrected chi connectivity index (χ3v) is 4.11. The Bertz CT molecular complexity index is 683. The van der Waals surface area contributed by atoms with Crippen molar-refractivity contribution < 1.29 is 28.6 Å². The molecule has 1 aromatic rings. The van der Waals surface area contributed by atoms with E-state index < -0.39 is 30.5 Å². The fourth-order valence-corrected chi connectivity index (χ4v) is 2.78. The first kappa shape index (κ1) is 23.5. The van der Waals surface area contributed by atoms with Gasteiger partial charge in [-0.25, -0.2) is 9.59 Å². The van der Waals surface area contributed by atoms with Crippen LogP contribution in [0.2, 0.25) is 0 Å². The average molecular weight is 393 g/mol. The second-order valence-electron chi connectivity index (χ2n) is 7.40. The lowest BCUT2D eigenvalue weighted by atomic mass is 9.98. The van der Waals surface area contributed by atoms with Gasteiger partial charge in [-0.1, -0.05) is 33.8 Å².